The van der Waals surface area contributed by atoms with Crippen LogP contribution in [0.5, 0.6) is 0 Å². The highest BCUT2D eigenvalue weighted by Gasteiger charge is 2.52. The lowest BCUT2D eigenvalue weighted by molar-refractivity contribution is -0.0257. The van der Waals surface area contributed by atoms with E-state index in [2.05, 4.69) is 31.0 Å². The van der Waals surface area contributed by atoms with Crippen LogP contribution in [-0.4, -0.2) is 48.3 Å². The molecule has 0 aromatic rings. The molecule has 0 bridgehead atoms. The normalized spacial score (nSPS) is 34.2. The van der Waals surface area contributed by atoms with Crippen molar-refractivity contribution in [3.05, 3.63) is 0 Å². The van der Waals surface area contributed by atoms with Crippen molar-refractivity contribution in [3.8, 4) is 0 Å². The largest absolute Gasteiger partial charge is 0.377 e. The first-order chi connectivity index (χ1) is 9.54. The van der Waals surface area contributed by atoms with Gasteiger partial charge in [0.2, 0.25) is 0 Å². The van der Waals surface area contributed by atoms with Crippen LogP contribution in [0.4, 0.5) is 0 Å². The average molecular weight is 280 g/mol. The van der Waals surface area contributed by atoms with Crippen molar-refractivity contribution < 1.29 is 4.74 Å². The first-order valence-corrected chi connectivity index (χ1v) is 8.66. The Labute approximate surface area is 124 Å². The van der Waals surface area contributed by atoms with Crippen molar-refractivity contribution in [1.82, 2.24) is 10.2 Å². The van der Waals surface area contributed by atoms with Gasteiger partial charge in [0.05, 0.1) is 12.7 Å². The van der Waals surface area contributed by atoms with Crippen LogP contribution in [0.25, 0.3) is 0 Å². The summed E-state index contributed by atoms with van der Waals surface area (Å²) in [6.07, 6.45) is 8.75. The number of nitrogens with zero attached hydrogens (tertiary/aromatic N) is 1. The summed E-state index contributed by atoms with van der Waals surface area (Å²) in [5.41, 5.74) is 0.792. The van der Waals surface area contributed by atoms with Gasteiger partial charge in [-0.2, -0.15) is 0 Å². The number of hydrogen-bond donors (Lipinski definition) is 1. The fraction of sp³-hybridized carbons (Fsp3) is 1.00. The lowest BCUT2D eigenvalue weighted by Gasteiger charge is -2.53. The van der Waals surface area contributed by atoms with Crippen LogP contribution >= 0.6 is 0 Å². The third-order valence-electron chi connectivity index (χ3n) is 5.87. The van der Waals surface area contributed by atoms with Gasteiger partial charge in [-0.3, -0.25) is 4.90 Å². The highest BCUT2D eigenvalue weighted by atomic mass is 16.5. The molecule has 3 aliphatic rings. The predicted octanol–water partition coefficient (Wildman–Crippen LogP) is 2.80. The first kappa shape index (κ1) is 14.8. The van der Waals surface area contributed by atoms with Gasteiger partial charge in [-0.1, -0.05) is 12.8 Å². The molecule has 3 fully saturated rings. The number of rotatable bonds is 5. The van der Waals surface area contributed by atoms with Gasteiger partial charge in [0.25, 0.3) is 0 Å². The monoisotopic (exact) mass is 280 g/mol. The molecule has 1 heterocycles. The van der Waals surface area contributed by atoms with E-state index in [1.807, 2.05) is 0 Å². The summed E-state index contributed by atoms with van der Waals surface area (Å²) in [5, 5.41) is 3.95. The molecule has 1 spiro atoms. The maximum absolute atomic E-state index is 5.83. The number of ether oxygens (including phenoxy) is 1. The first-order valence-electron chi connectivity index (χ1n) is 8.66. The van der Waals surface area contributed by atoms with Crippen molar-refractivity contribution in [2.45, 2.75) is 76.5 Å². The third-order valence-corrected chi connectivity index (χ3v) is 5.87. The molecule has 3 heteroatoms. The molecule has 3 rings (SSSR count). The van der Waals surface area contributed by atoms with Crippen LogP contribution in [0.1, 0.15) is 59.3 Å². The fourth-order valence-corrected chi connectivity index (χ4v) is 4.31. The number of nitrogens with one attached hydrogen (secondary N) is 1. The SMILES string of the molecule is CC(C)OCCN1CC2(CCCC2)NCC1(C)C1CC1. The second-order valence-electron chi connectivity index (χ2n) is 7.81. The molecule has 0 aromatic carbocycles. The van der Waals surface area contributed by atoms with E-state index in [0.29, 0.717) is 17.2 Å². The van der Waals surface area contributed by atoms with Gasteiger partial charge in [0.1, 0.15) is 0 Å². The van der Waals surface area contributed by atoms with Crippen molar-refractivity contribution in [3.63, 3.8) is 0 Å². The Morgan fingerprint density at radius 3 is 2.55 bits per heavy atom. The minimum absolute atomic E-state index is 0.352. The van der Waals surface area contributed by atoms with E-state index in [9.17, 15) is 0 Å². The van der Waals surface area contributed by atoms with E-state index in [1.165, 1.54) is 51.6 Å². The lowest BCUT2D eigenvalue weighted by atomic mass is 9.83. The highest BCUT2D eigenvalue weighted by molar-refractivity contribution is 5.10. The van der Waals surface area contributed by atoms with Gasteiger partial charge >= 0.3 is 0 Å². The third kappa shape index (κ3) is 2.90. The Bertz CT molecular complexity index is 334. The number of piperazine rings is 1. The van der Waals surface area contributed by atoms with Gasteiger partial charge < -0.3 is 10.1 Å². The van der Waals surface area contributed by atoms with Crippen LogP contribution < -0.4 is 5.32 Å². The van der Waals surface area contributed by atoms with Crippen molar-refractivity contribution in [2.24, 2.45) is 5.92 Å². The van der Waals surface area contributed by atoms with Gasteiger partial charge in [-0.05, 0) is 52.4 Å². The summed E-state index contributed by atoms with van der Waals surface area (Å²) >= 11 is 0. The zero-order valence-corrected chi connectivity index (χ0v) is 13.6. The van der Waals surface area contributed by atoms with Crippen molar-refractivity contribution in [1.29, 1.82) is 0 Å². The fourth-order valence-electron chi connectivity index (χ4n) is 4.31. The molecule has 116 valence electrons. The quantitative estimate of drug-likeness (QED) is 0.838. The second-order valence-corrected chi connectivity index (χ2v) is 7.81. The Morgan fingerprint density at radius 1 is 1.25 bits per heavy atom. The molecule has 0 aromatic heterocycles. The minimum atomic E-state index is 0.352. The van der Waals surface area contributed by atoms with Crippen LogP contribution in [0, 0.1) is 5.92 Å². The van der Waals surface area contributed by atoms with Gasteiger partial charge in [-0.15, -0.1) is 0 Å². The molecule has 1 atom stereocenters. The van der Waals surface area contributed by atoms with Crippen LogP contribution in [-0.2, 0) is 4.74 Å². The molecule has 1 saturated heterocycles. The standard InChI is InChI=1S/C17H32N2O/c1-14(2)20-11-10-19-13-17(8-4-5-9-17)18-12-16(19,3)15-6-7-15/h14-15,18H,4-13H2,1-3H3. The highest BCUT2D eigenvalue weighted by Crippen LogP contribution is 2.46. The maximum Gasteiger partial charge on any atom is 0.0597 e. The smallest absolute Gasteiger partial charge is 0.0597 e. The molecular formula is C17H32N2O. The molecule has 1 N–H and O–H groups in total. The summed E-state index contributed by atoms with van der Waals surface area (Å²) in [5.74, 6) is 0.910. The topological polar surface area (TPSA) is 24.5 Å². The van der Waals surface area contributed by atoms with E-state index in [4.69, 9.17) is 4.74 Å². The summed E-state index contributed by atoms with van der Waals surface area (Å²) in [4.78, 5) is 2.77. The summed E-state index contributed by atoms with van der Waals surface area (Å²) < 4.78 is 5.83. The van der Waals surface area contributed by atoms with Crippen molar-refractivity contribution >= 4 is 0 Å². The molecular weight excluding hydrogens is 248 g/mol. The second kappa shape index (κ2) is 5.58. The van der Waals surface area contributed by atoms with Gasteiger partial charge in [0.15, 0.2) is 0 Å². The Balaban J connectivity index is 1.65. The average Bonchev–Trinajstić information content (AvgIpc) is 3.17. The van der Waals surface area contributed by atoms with E-state index in [-0.39, 0.29) is 0 Å². The molecule has 3 nitrogen and oxygen atoms in total. The Hall–Kier alpha value is -0.120. The maximum atomic E-state index is 5.83. The summed E-state index contributed by atoms with van der Waals surface area (Å²) in [7, 11) is 0. The molecule has 20 heavy (non-hydrogen) atoms. The van der Waals surface area contributed by atoms with Crippen LogP contribution in [0.15, 0.2) is 0 Å². The van der Waals surface area contributed by atoms with E-state index < -0.39 is 0 Å². The zero-order valence-electron chi connectivity index (χ0n) is 13.6. The predicted molar refractivity (Wildman–Crippen MR) is 83.0 cm³/mol. The van der Waals surface area contributed by atoms with Gasteiger partial charge in [0, 0.05) is 30.7 Å². The van der Waals surface area contributed by atoms with E-state index >= 15 is 0 Å². The van der Waals surface area contributed by atoms with Gasteiger partial charge in [-0.25, -0.2) is 0 Å². The molecule has 1 aliphatic heterocycles. The zero-order chi connectivity index (χ0) is 14.2. The van der Waals surface area contributed by atoms with Crippen LogP contribution in [0.2, 0.25) is 0 Å². The Kier molecular flexibility index (Phi) is 4.13. The molecule has 1 unspecified atom stereocenters. The number of hydrogen-bond acceptors (Lipinski definition) is 3. The minimum Gasteiger partial charge on any atom is -0.377 e. The van der Waals surface area contributed by atoms with E-state index in [1.54, 1.807) is 0 Å². The summed E-state index contributed by atoms with van der Waals surface area (Å²) in [6.45, 7) is 11.2. The molecule has 0 amide bonds. The van der Waals surface area contributed by atoms with E-state index in [0.717, 1.165) is 19.1 Å². The Morgan fingerprint density at radius 2 is 1.95 bits per heavy atom. The lowest BCUT2D eigenvalue weighted by Crippen LogP contribution is -2.69. The molecule has 2 aliphatic carbocycles. The van der Waals surface area contributed by atoms with Crippen molar-refractivity contribution in [2.75, 3.05) is 26.2 Å². The molecule has 0 radical (unpaired) electrons. The molecule has 2 saturated carbocycles. The summed E-state index contributed by atoms with van der Waals surface area (Å²) in [6, 6.07) is 0. The van der Waals surface area contributed by atoms with Crippen LogP contribution in [0.3, 0.4) is 0 Å².